The van der Waals surface area contributed by atoms with Gasteiger partial charge in [-0.3, -0.25) is 13.9 Å². The standard InChI is InChI=1S/C30H33ClFN3O6S/c1-20(29(37)33-30(2,3)4)34(18-21-6-5-7-22(31)16-21)28(36)19-35(24-10-8-23(32)9-11-24)42(38,39)25-12-13-26-27(17-25)41-15-14-40-26/h5-13,16-17,20H,14-15,18-19H2,1-4H3,(H,33,37)/t20-/m1/s1. The number of anilines is 1. The van der Waals surface area contributed by atoms with Crippen LogP contribution < -0.4 is 19.1 Å². The van der Waals surface area contributed by atoms with Crippen molar-refractivity contribution in [3.05, 3.63) is 83.1 Å². The highest BCUT2D eigenvalue weighted by molar-refractivity contribution is 7.92. The quantitative estimate of drug-likeness (QED) is 0.371. The summed E-state index contributed by atoms with van der Waals surface area (Å²) in [6.45, 7) is 6.92. The number of carbonyl (C=O) groups is 2. The van der Waals surface area contributed by atoms with E-state index in [2.05, 4.69) is 5.32 Å². The largest absolute Gasteiger partial charge is 0.486 e. The lowest BCUT2D eigenvalue weighted by molar-refractivity contribution is -0.140. The van der Waals surface area contributed by atoms with E-state index in [1.54, 1.807) is 31.2 Å². The van der Waals surface area contributed by atoms with Gasteiger partial charge in [-0.25, -0.2) is 12.8 Å². The maximum atomic E-state index is 14.0. The molecule has 0 saturated heterocycles. The zero-order chi connectivity index (χ0) is 30.7. The summed E-state index contributed by atoms with van der Waals surface area (Å²) in [5.41, 5.74) is 0.140. The third-order valence-electron chi connectivity index (χ3n) is 6.40. The van der Waals surface area contributed by atoms with Gasteiger partial charge >= 0.3 is 0 Å². The second-order valence-electron chi connectivity index (χ2n) is 10.9. The summed E-state index contributed by atoms with van der Waals surface area (Å²) in [5, 5.41) is 3.31. The molecule has 0 aliphatic carbocycles. The van der Waals surface area contributed by atoms with Crippen LogP contribution >= 0.6 is 11.6 Å². The third kappa shape index (κ3) is 7.51. The summed E-state index contributed by atoms with van der Waals surface area (Å²) in [7, 11) is -4.38. The molecule has 0 spiro atoms. The smallest absolute Gasteiger partial charge is 0.264 e. The molecule has 3 aromatic carbocycles. The summed E-state index contributed by atoms with van der Waals surface area (Å²) in [6.07, 6.45) is 0. The number of amides is 2. The van der Waals surface area contributed by atoms with Crippen LogP contribution in [0.5, 0.6) is 11.5 Å². The van der Waals surface area contributed by atoms with Crippen molar-refractivity contribution in [1.82, 2.24) is 10.2 Å². The lowest BCUT2D eigenvalue weighted by Crippen LogP contribution is -2.54. The molecule has 0 unspecified atom stereocenters. The maximum absolute atomic E-state index is 14.0. The Morgan fingerprint density at radius 1 is 1.00 bits per heavy atom. The van der Waals surface area contributed by atoms with Crippen LogP contribution in [0.2, 0.25) is 5.02 Å². The number of hydrogen-bond donors (Lipinski definition) is 1. The van der Waals surface area contributed by atoms with Gasteiger partial charge in [0.25, 0.3) is 10.0 Å². The van der Waals surface area contributed by atoms with Gasteiger partial charge in [-0.2, -0.15) is 0 Å². The van der Waals surface area contributed by atoms with Gasteiger partial charge in [-0.15, -0.1) is 0 Å². The molecule has 1 aliphatic rings. The Kier molecular flexibility index (Phi) is 9.32. The lowest BCUT2D eigenvalue weighted by atomic mass is 10.1. The molecular weight excluding hydrogens is 585 g/mol. The van der Waals surface area contributed by atoms with Crippen LogP contribution in [0.15, 0.2) is 71.6 Å². The monoisotopic (exact) mass is 617 g/mol. The van der Waals surface area contributed by atoms with E-state index in [0.29, 0.717) is 22.9 Å². The molecule has 1 atom stereocenters. The molecule has 0 aromatic heterocycles. The molecule has 2 amide bonds. The first kappa shape index (κ1) is 31.1. The fraction of sp³-hybridized carbons (Fsp3) is 0.333. The molecule has 0 radical (unpaired) electrons. The molecule has 1 aliphatic heterocycles. The van der Waals surface area contributed by atoms with Gasteiger partial charge in [0.05, 0.1) is 10.6 Å². The Hall–Kier alpha value is -3.83. The highest BCUT2D eigenvalue weighted by atomic mass is 35.5. The minimum atomic E-state index is -4.38. The predicted molar refractivity (Wildman–Crippen MR) is 158 cm³/mol. The molecule has 4 rings (SSSR count). The van der Waals surface area contributed by atoms with E-state index in [0.717, 1.165) is 16.4 Å². The van der Waals surface area contributed by atoms with Crippen LogP contribution in [0.4, 0.5) is 10.1 Å². The number of hydrogen-bond acceptors (Lipinski definition) is 6. The van der Waals surface area contributed by atoms with Gasteiger partial charge < -0.3 is 19.7 Å². The molecule has 0 saturated carbocycles. The van der Waals surface area contributed by atoms with Gasteiger partial charge in [0, 0.05) is 23.2 Å². The lowest BCUT2D eigenvalue weighted by Gasteiger charge is -2.33. The van der Waals surface area contributed by atoms with E-state index in [4.69, 9.17) is 21.1 Å². The van der Waals surface area contributed by atoms with Crippen LogP contribution in [0.25, 0.3) is 0 Å². The number of ether oxygens (including phenoxy) is 2. The van der Waals surface area contributed by atoms with Gasteiger partial charge in [-0.05, 0) is 81.8 Å². The van der Waals surface area contributed by atoms with Crippen molar-refractivity contribution < 1.29 is 31.9 Å². The Morgan fingerprint density at radius 2 is 1.67 bits per heavy atom. The van der Waals surface area contributed by atoms with Gasteiger partial charge in [-0.1, -0.05) is 23.7 Å². The summed E-state index contributed by atoms with van der Waals surface area (Å²) in [5.74, 6) is -0.992. The Balaban J connectivity index is 1.73. The summed E-state index contributed by atoms with van der Waals surface area (Å²) in [6, 6.07) is 14.8. The third-order valence-corrected chi connectivity index (χ3v) is 8.41. The number of benzene rings is 3. The number of carbonyl (C=O) groups excluding carboxylic acids is 2. The number of rotatable bonds is 9. The molecule has 12 heteroatoms. The Morgan fingerprint density at radius 3 is 2.31 bits per heavy atom. The van der Waals surface area contributed by atoms with Gasteiger partial charge in [0.1, 0.15) is 31.6 Å². The van der Waals surface area contributed by atoms with Crippen LogP contribution in [-0.2, 0) is 26.2 Å². The predicted octanol–water partition coefficient (Wildman–Crippen LogP) is 4.78. The van der Waals surface area contributed by atoms with E-state index in [9.17, 15) is 22.4 Å². The highest BCUT2D eigenvalue weighted by Crippen LogP contribution is 2.34. The molecule has 224 valence electrons. The van der Waals surface area contributed by atoms with E-state index >= 15 is 0 Å². The first-order chi connectivity index (χ1) is 19.7. The molecule has 42 heavy (non-hydrogen) atoms. The highest BCUT2D eigenvalue weighted by Gasteiger charge is 2.34. The van der Waals surface area contributed by atoms with Crippen LogP contribution in [0.3, 0.4) is 0 Å². The van der Waals surface area contributed by atoms with Gasteiger partial charge in [0.2, 0.25) is 11.8 Å². The normalized spacial score (nSPS) is 13.7. The molecular formula is C30H33ClFN3O6S. The first-order valence-corrected chi connectivity index (χ1v) is 15.1. The van der Waals surface area contributed by atoms with Crippen molar-refractivity contribution in [1.29, 1.82) is 0 Å². The number of fused-ring (bicyclic) bond motifs is 1. The minimum Gasteiger partial charge on any atom is -0.486 e. The number of nitrogens with zero attached hydrogens (tertiary/aromatic N) is 2. The van der Waals surface area contributed by atoms with E-state index in [1.807, 2.05) is 20.8 Å². The fourth-order valence-electron chi connectivity index (χ4n) is 4.34. The summed E-state index contributed by atoms with van der Waals surface area (Å²) < 4.78 is 53.8. The summed E-state index contributed by atoms with van der Waals surface area (Å²) in [4.78, 5) is 28.3. The maximum Gasteiger partial charge on any atom is 0.264 e. The zero-order valence-corrected chi connectivity index (χ0v) is 25.3. The van der Waals surface area contributed by atoms with E-state index < -0.39 is 45.8 Å². The Bertz CT molecular complexity index is 1560. The average Bonchev–Trinajstić information content (AvgIpc) is 2.93. The van der Waals surface area contributed by atoms with Gasteiger partial charge in [0.15, 0.2) is 11.5 Å². The average molecular weight is 618 g/mol. The minimum absolute atomic E-state index is 0.0144. The fourth-order valence-corrected chi connectivity index (χ4v) is 5.98. The molecule has 1 N–H and O–H groups in total. The number of nitrogens with one attached hydrogen (secondary N) is 1. The number of sulfonamides is 1. The second kappa shape index (κ2) is 12.6. The van der Waals surface area contributed by atoms with E-state index in [-0.39, 0.29) is 29.5 Å². The van der Waals surface area contributed by atoms with Crippen LogP contribution in [-0.4, -0.2) is 56.5 Å². The topological polar surface area (TPSA) is 105 Å². The number of halogens is 2. The van der Waals surface area contributed by atoms with Crippen molar-refractivity contribution in [2.24, 2.45) is 0 Å². The van der Waals surface area contributed by atoms with E-state index in [1.165, 1.54) is 35.2 Å². The molecule has 0 bridgehead atoms. The Labute approximate surface area is 250 Å². The summed E-state index contributed by atoms with van der Waals surface area (Å²) >= 11 is 6.17. The molecule has 3 aromatic rings. The molecule has 0 fully saturated rings. The SMILES string of the molecule is C[C@H](C(=O)NC(C)(C)C)N(Cc1cccc(Cl)c1)C(=O)CN(c1ccc(F)cc1)S(=O)(=O)c1ccc2c(c1)OCCO2. The van der Waals surface area contributed by atoms with Crippen LogP contribution in [0, 0.1) is 5.82 Å². The van der Waals surface area contributed by atoms with Crippen molar-refractivity contribution >= 4 is 39.1 Å². The van der Waals surface area contributed by atoms with Crippen LogP contribution in [0.1, 0.15) is 33.3 Å². The molecule has 1 heterocycles. The van der Waals surface area contributed by atoms with Crippen molar-refractivity contribution in [2.75, 3.05) is 24.1 Å². The second-order valence-corrected chi connectivity index (χ2v) is 13.2. The van der Waals surface area contributed by atoms with Crippen molar-refractivity contribution in [3.63, 3.8) is 0 Å². The zero-order valence-electron chi connectivity index (χ0n) is 23.8. The molecule has 9 nitrogen and oxygen atoms in total. The van der Waals surface area contributed by atoms with Crippen molar-refractivity contribution in [2.45, 2.75) is 50.7 Å². The van der Waals surface area contributed by atoms with Crippen molar-refractivity contribution in [3.8, 4) is 11.5 Å². The first-order valence-electron chi connectivity index (χ1n) is 13.3.